The summed E-state index contributed by atoms with van der Waals surface area (Å²) in [5, 5.41) is 4.46. The van der Waals surface area contributed by atoms with E-state index in [9.17, 15) is 30.7 Å². The van der Waals surface area contributed by atoms with Gasteiger partial charge in [0.1, 0.15) is 9.79 Å². The molecule has 2 rings (SSSR count). The molecule has 0 saturated carbocycles. The first-order chi connectivity index (χ1) is 13.4. The van der Waals surface area contributed by atoms with Crippen LogP contribution in [0.4, 0.5) is 11.4 Å². The molecule has 0 spiro atoms. The van der Waals surface area contributed by atoms with Gasteiger partial charge in [0, 0.05) is 12.6 Å². The standard InChI is InChI=1S/C17H14N2O7S3.2Na.2H/c1-11(20)19-15-7-5-13(17(9-15)29(24,25)26)3-2-12-4-6-14(18-10-27)8-16(12)28(21,22)23;;;;/h2-9H,1H3,(H,19,20)(H,21,22,23)(H,24,25,26);;;;/q;2*+1;2*-1/b3-2+;;;;. The van der Waals surface area contributed by atoms with Crippen LogP contribution >= 0.6 is 12.2 Å². The predicted octanol–water partition coefficient (Wildman–Crippen LogP) is -2.72. The van der Waals surface area contributed by atoms with Gasteiger partial charge in [-0.25, -0.2) is 0 Å². The minimum atomic E-state index is -4.65. The van der Waals surface area contributed by atoms with Crippen LogP contribution < -0.4 is 64.4 Å². The second-order valence-electron chi connectivity index (χ2n) is 5.64. The Kier molecular flexibility index (Phi) is 12.2. The minimum Gasteiger partial charge on any atom is -1.00 e. The van der Waals surface area contributed by atoms with Crippen molar-refractivity contribution < 1.29 is 92.7 Å². The predicted molar refractivity (Wildman–Crippen MR) is 113 cm³/mol. The van der Waals surface area contributed by atoms with E-state index in [-0.39, 0.29) is 84.5 Å². The molecule has 0 aliphatic carbocycles. The number of hydrogen-bond donors (Lipinski definition) is 3. The van der Waals surface area contributed by atoms with Crippen molar-refractivity contribution in [3.05, 3.63) is 47.5 Å². The fraction of sp³-hybridized carbons (Fsp3) is 0.0588. The molecule has 0 aliphatic heterocycles. The molecule has 0 bridgehead atoms. The third-order valence-corrected chi connectivity index (χ3v) is 5.41. The van der Waals surface area contributed by atoms with E-state index in [4.69, 9.17) is 0 Å². The number of anilines is 1. The Morgan fingerprint density at radius 3 is 1.94 bits per heavy atom. The minimum absolute atomic E-state index is 0. The van der Waals surface area contributed by atoms with E-state index >= 15 is 0 Å². The number of nitrogens with zero attached hydrogens (tertiary/aromatic N) is 1. The van der Waals surface area contributed by atoms with Crippen molar-refractivity contribution in [3.8, 4) is 0 Å². The molecule has 1 amide bonds. The maximum Gasteiger partial charge on any atom is 1.00 e. The van der Waals surface area contributed by atoms with E-state index in [2.05, 4.69) is 27.7 Å². The van der Waals surface area contributed by atoms with Gasteiger partial charge in [-0.2, -0.15) is 21.8 Å². The molecular weight excluding hydrogens is 486 g/mol. The Morgan fingerprint density at radius 1 is 1.00 bits per heavy atom. The number of benzene rings is 2. The molecule has 0 heterocycles. The topological polar surface area (TPSA) is 150 Å². The average molecular weight is 503 g/mol. The Morgan fingerprint density at radius 2 is 1.48 bits per heavy atom. The van der Waals surface area contributed by atoms with Crippen molar-refractivity contribution in [2.24, 2.45) is 4.99 Å². The van der Waals surface area contributed by atoms with Crippen LogP contribution in [0.25, 0.3) is 12.2 Å². The van der Waals surface area contributed by atoms with E-state index < -0.39 is 35.9 Å². The van der Waals surface area contributed by atoms with Crippen molar-refractivity contribution in [2.75, 3.05) is 5.32 Å². The van der Waals surface area contributed by atoms with Crippen molar-refractivity contribution in [3.63, 3.8) is 0 Å². The van der Waals surface area contributed by atoms with Crippen LogP contribution in [0.3, 0.4) is 0 Å². The van der Waals surface area contributed by atoms with E-state index in [0.29, 0.717) is 0 Å². The Balaban J connectivity index is -0.00000225. The maximum absolute atomic E-state index is 11.7. The fourth-order valence-corrected chi connectivity index (χ4v) is 3.88. The van der Waals surface area contributed by atoms with Crippen LogP contribution in [0.2, 0.25) is 0 Å². The number of carbonyl (C=O) groups is 1. The zero-order valence-electron chi connectivity index (χ0n) is 18.7. The van der Waals surface area contributed by atoms with Crippen LogP contribution in [-0.2, 0) is 25.0 Å². The molecule has 0 saturated heterocycles. The number of nitrogens with one attached hydrogen (secondary N) is 1. The quantitative estimate of drug-likeness (QED) is 0.127. The third kappa shape index (κ3) is 8.97. The van der Waals surface area contributed by atoms with Crippen LogP contribution in [0.5, 0.6) is 0 Å². The molecular formula is C17H16N2Na2O7S3. The molecule has 14 heteroatoms. The largest absolute Gasteiger partial charge is 1.00 e. The molecule has 2 aromatic rings. The van der Waals surface area contributed by atoms with Gasteiger partial charge >= 0.3 is 59.1 Å². The zero-order chi connectivity index (χ0) is 21.8. The van der Waals surface area contributed by atoms with Gasteiger partial charge in [-0.05, 0) is 47.6 Å². The maximum atomic E-state index is 11.7. The Bertz CT molecular complexity index is 1280. The van der Waals surface area contributed by atoms with Crippen molar-refractivity contribution in [2.45, 2.75) is 16.7 Å². The van der Waals surface area contributed by atoms with Crippen LogP contribution in [-0.4, -0.2) is 37.0 Å². The van der Waals surface area contributed by atoms with E-state index in [1.807, 2.05) is 0 Å². The van der Waals surface area contributed by atoms with Gasteiger partial charge in [-0.1, -0.05) is 24.3 Å². The van der Waals surface area contributed by atoms with Gasteiger partial charge in [0.15, 0.2) is 0 Å². The van der Waals surface area contributed by atoms with Gasteiger partial charge in [-0.15, -0.1) is 0 Å². The van der Waals surface area contributed by atoms with Gasteiger partial charge in [0.2, 0.25) is 5.91 Å². The fourth-order valence-electron chi connectivity index (χ4n) is 2.36. The normalized spacial score (nSPS) is 11.1. The summed E-state index contributed by atoms with van der Waals surface area (Å²) in [5.74, 6) is -0.438. The summed E-state index contributed by atoms with van der Waals surface area (Å²) in [7, 11) is -9.28. The van der Waals surface area contributed by atoms with Gasteiger partial charge in [-0.3, -0.25) is 13.9 Å². The summed E-state index contributed by atoms with van der Waals surface area (Å²) < 4.78 is 65.6. The van der Waals surface area contributed by atoms with Gasteiger partial charge in [0.05, 0.1) is 10.8 Å². The Hall–Kier alpha value is -0.730. The van der Waals surface area contributed by atoms with Crippen LogP contribution in [0.15, 0.2) is 51.2 Å². The number of amides is 1. The first kappa shape index (κ1) is 30.3. The van der Waals surface area contributed by atoms with Crippen LogP contribution in [0, 0.1) is 0 Å². The molecule has 3 N–H and O–H groups in total. The molecule has 0 aromatic heterocycles. The van der Waals surface area contributed by atoms with E-state index in [1.165, 1.54) is 43.3 Å². The molecule has 0 radical (unpaired) electrons. The summed E-state index contributed by atoms with van der Waals surface area (Å²) in [6.07, 6.45) is 2.46. The molecule has 9 nitrogen and oxygen atoms in total. The molecule has 0 aliphatic rings. The molecule has 0 atom stereocenters. The van der Waals surface area contributed by atoms with E-state index in [0.717, 1.165) is 12.1 Å². The zero-order valence-corrected chi connectivity index (χ0v) is 23.2. The third-order valence-electron chi connectivity index (χ3n) is 3.50. The average Bonchev–Trinajstić information content (AvgIpc) is 2.59. The number of isothiocyanates is 1. The van der Waals surface area contributed by atoms with Crippen LogP contribution in [0.1, 0.15) is 20.9 Å². The van der Waals surface area contributed by atoms with Gasteiger partial charge < -0.3 is 8.17 Å². The van der Waals surface area contributed by atoms with E-state index in [1.54, 1.807) is 0 Å². The monoisotopic (exact) mass is 502 g/mol. The van der Waals surface area contributed by atoms with Gasteiger partial charge in [0.25, 0.3) is 20.2 Å². The number of thiocarbonyl (C=S) groups is 1. The summed E-state index contributed by atoms with van der Waals surface area (Å²) in [6.45, 7) is 1.23. The first-order valence-corrected chi connectivity index (χ1v) is 11.0. The molecule has 156 valence electrons. The molecule has 31 heavy (non-hydrogen) atoms. The number of hydrogen-bond acceptors (Lipinski definition) is 7. The Labute approximate surface area is 232 Å². The summed E-state index contributed by atoms with van der Waals surface area (Å²) in [6, 6.07) is 7.57. The molecule has 0 unspecified atom stereocenters. The second kappa shape index (κ2) is 12.5. The smallest absolute Gasteiger partial charge is 1.00 e. The summed E-state index contributed by atoms with van der Waals surface area (Å²) in [5.41, 5.74) is 0.332. The number of rotatable bonds is 6. The second-order valence-corrected chi connectivity index (χ2v) is 8.60. The van der Waals surface area contributed by atoms with Crippen molar-refractivity contribution in [1.29, 1.82) is 0 Å². The molecule has 0 fully saturated rings. The first-order valence-electron chi connectivity index (χ1n) is 7.68. The number of carbonyl (C=O) groups excluding carboxylic acids is 1. The molecule has 2 aromatic carbocycles. The SMILES string of the molecule is CC(=O)Nc1ccc(/C=C/c2ccc(N=C=S)cc2S(=O)(=O)O)c(S(=O)(=O)O)c1.[H-].[H-].[Na+].[Na+]. The summed E-state index contributed by atoms with van der Waals surface area (Å²) in [4.78, 5) is 13.8. The van der Waals surface area contributed by atoms with Crippen molar-refractivity contribution >= 4 is 67.0 Å². The van der Waals surface area contributed by atoms with Crippen molar-refractivity contribution in [1.82, 2.24) is 0 Å². The number of aliphatic imine (C=N–C) groups is 1. The summed E-state index contributed by atoms with van der Waals surface area (Å²) >= 11 is 4.45.